The number of anilines is 3. The van der Waals surface area contributed by atoms with Gasteiger partial charge in [0, 0.05) is 44.4 Å². The highest BCUT2D eigenvalue weighted by Gasteiger charge is 2.21. The number of nitrogens with zero attached hydrogens (tertiary/aromatic N) is 1. The number of nitrogens with one attached hydrogen (secondary N) is 2. The molecule has 7 heteroatoms. The first-order valence-corrected chi connectivity index (χ1v) is 8.64. The van der Waals surface area contributed by atoms with E-state index in [1.807, 2.05) is 42.5 Å². The maximum Gasteiger partial charge on any atom is 0.313 e. The topological polar surface area (TPSA) is 79.9 Å². The SMILES string of the molecule is COCCN(CCOC)C(=O)C(=O)Nc1ccc(Nc2ccccc2)cc1. The molecule has 0 aliphatic rings. The molecule has 0 bridgehead atoms. The van der Waals surface area contributed by atoms with E-state index in [0.29, 0.717) is 32.0 Å². The van der Waals surface area contributed by atoms with Crippen molar-refractivity contribution in [3.05, 3.63) is 54.6 Å². The van der Waals surface area contributed by atoms with E-state index in [9.17, 15) is 9.59 Å². The Morgan fingerprint density at radius 2 is 1.33 bits per heavy atom. The Kier molecular flexibility index (Phi) is 8.28. The predicted octanol–water partition coefficient (Wildman–Crippen LogP) is 2.49. The van der Waals surface area contributed by atoms with Crippen molar-refractivity contribution < 1.29 is 19.1 Å². The molecular weight excluding hydrogens is 346 g/mol. The van der Waals surface area contributed by atoms with E-state index in [1.165, 1.54) is 4.90 Å². The van der Waals surface area contributed by atoms with Crippen LogP contribution in [-0.4, -0.2) is 57.2 Å². The highest BCUT2D eigenvalue weighted by Crippen LogP contribution is 2.18. The van der Waals surface area contributed by atoms with Gasteiger partial charge in [0.1, 0.15) is 0 Å². The monoisotopic (exact) mass is 371 g/mol. The fourth-order valence-corrected chi connectivity index (χ4v) is 2.37. The normalized spacial score (nSPS) is 10.3. The van der Waals surface area contributed by atoms with Crippen LogP contribution in [0.3, 0.4) is 0 Å². The molecule has 2 aromatic rings. The Morgan fingerprint density at radius 1 is 0.815 bits per heavy atom. The number of carbonyl (C=O) groups is 2. The van der Waals surface area contributed by atoms with Gasteiger partial charge in [0.05, 0.1) is 13.2 Å². The van der Waals surface area contributed by atoms with Crippen molar-refractivity contribution in [2.75, 3.05) is 51.2 Å². The van der Waals surface area contributed by atoms with Crippen LogP contribution in [0.2, 0.25) is 0 Å². The van der Waals surface area contributed by atoms with Crippen LogP contribution in [0.1, 0.15) is 0 Å². The van der Waals surface area contributed by atoms with Gasteiger partial charge in [-0.2, -0.15) is 0 Å². The Bertz CT molecular complexity index is 712. The highest BCUT2D eigenvalue weighted by molar-refractivity contribution is 6.39. The van der Waals surface area contributed by atoms with E-state index < -0.39 is 11.8 Å². The third-order valence-corrected chi connectivity index (χ3v) is 3.82. The summed E-state index contributed by atoms with van der Waals surface area (Å²) in [7, 11) is 3.09. The molecule has 0 saturated carbocycles. The van der Waals surface area contributed by atoms with Gasteiger partial charge in [0.2, 0.25) is 0 Å². The number of carbonyl (C=O) groups excluding carboxylic acids is 2. The minimum absolute atomic E-state index is 0.325. The Hall–Kier alpha value is -2.90. The van der Waals surface area contributed by atoms with Gasteiger partial charge in [-0.05, 0) is 36.4 Å². The number of hydrogen-bond acceptors (Lipinski definition) is 5. The van der Waals surface area contributed by atoms with Gasteiger partial charge < -0.3 is 25.0 Å². The number of hydrogen-bond donors (Lipinski definition) is 2. The zero-order chi connectivity index (χ0) is 19.5. The summed E-state index contributed by atoms with van der Waals surface area (Å²) in [5.41, 5.74) is 2.40. The summed E-state index contributed by atoms with van der Waals surface area (Å²) in [5, 5.41) is 5.88. The molecule has 0 saturated heterocycles. The van der Waals surface area contributed by atoms with Crippen molar-refractivity contribution in [1.82, 2.24) is 4.90 Å². The van der Waals surface area contributed by atoms with Crippen LogP contribution in [0, 0.1) is 0 Å². The zero-order valence-corrected chi connectivity index (χ0v) is 15.6. The maximum atomic E-state index is 12.4. The summed E-state index contributed by atoms with van der Waals surface area (Å²) in [6.45, 7) is 1.35. The molecule has 144 valence electrons. The van der Waals surface area contributed by atoms with E-state index in [-0.39, 0.29) is 0 Å². The number of amides is 2. The lowest BCUT2D eigenvalue weighted by atomic mass is 10.2. The molecule has 2 amide bonds. The standard InChI is InChI=1S/C20H25N3O4/c1-26-14-12-23(13-15-27-2)20(25)19(24)22-18-10-8-17(9-11-18)21-16-6-4-3-5-7-16/h3-11,21H,12-15H2,1-2H3,(H,22,24). The molecule has 0 aliphatic carbocycles. The van der Waals surface area contributed by atoms with E-state index >= 15 is 0 Å². The van der Waals surface area contributed by atoms with E-state index in [1.54, 1.807) is 26.4 Å². The summed E-state index contributed by atoms with van der Waals surface area (Å²) in [4.78, 5) is 26.0. The van der Waals surface area contributed by atoms with Gasteiger partial charge >= 0.3 is 11.8 Å². The van der Waals surface area contributed by atoms with Crippen molar-refractivity contribution in [2.24, 2.45) is 0 Å². The van der Waals surface area contributed by atoms with Crippen molar-refractivity contribution in [1.29, 1.82) is 0 Å². The molecule has 27 heavy (non-hydrogen) atoms. The summed E-state index contributed by atoms with van der Waals surface area (Å²) in [5.74, 6) is -1.30. The molecule has 7 nitrogen and oxygen atoms in total. The van der Waals surface area contributed by atoms with Crippen LogP contribution < -0.4 is 10.6 Å². The van der Waals surface area contributed by atoms with Gasteiger partial charge in [0.25, 0.3) is 0 Å². The number of methoxy groups -OCH3 is 2. The number of rotatable bonds is 9. The average Bonchev–Trinajstić information content (AvgIpc) is 2.70. The van der Waals surface area contributed by atoms with Crippen LogP contribution in [-0.2, 0) is 19.1 Å². The van der Waals surface area contributed by atoms with E-state index in [4.69, 9.17) is 9.47 Å². The van der Waals surface area contributed by atoms with Crippen LogP contribution in [0.15, 0.2) is 54.6 Å². The molecule has 0 aromatic heterocycles. The summed E-state index contributed by atoms with van der Waals surface area (Å²) < 4.78 is 9.98. The minimum Gasteiger partial charge on any atom is -0.383 e. The quantitative estimate of drug-likeness (QED) is 0.662. The Morgan fingerprint density at radius 3 is 1.89 bits per heavy atom. The third kappa shape index (κ3) is 6.73. The van der Waals surface area contributed by atoms with Crippen molar-refractivity contribution >= 4 is 28.9 Å². The molecule has 0 aliphatic heterocycles. The number of para-hydroxylation sites is 1. The largest absolute Gasteiger partial charge is 0.383 e. The highest BCUT2D eigenvalue weighted by atomic mass is 16.5. The lowest BCUT2D eigenvalue weighted by Gasteiger charge is -2.21. The smallest absolute Gasteiger partial charge is 0.313 e. The molecule has 0 unspecified atom stereocenters. The molecule has 0 radical (unpaired) electrons. The molecule has 2 N–H and O–H groups in total. The first-order valence-electron chi connectivity index (χ1n) is 8.64. The second-order valence-electron chi connectivity index (χ2n) is 5.80. The predicted molar refractivity (Wildman–Crippen MR) is 105 cm³/mol. The van der Waals surface area contributed by atoms with E-state index in [0.717, 1.165) is 11.4 Å². The Balaban J connectivity index is 1.94. The first kappa shape index (κ1) is 20.4. The lowest BCUT2D eigenvalue weighted by Crippen LogP contribution is -2.43. The molecule has 2 rings (SSSR count). The molecule has 0 fully saturated rings. The van der Waals surface area contributed by atoms with Gasteiger partial charge in [-0.3, -0.25) is 9.59 Å². The van der Waals surface area contributed by atoms with E-state index in [2.05, 4.69) is 10.6 Å². The fraction of sp³-hybridized carbons (Fsp3) is 0.300. The van der Waals surface area contributed by atoms with Crippen LogP contribution >= 0.6 is 0 Å². The van der Waals surface area contributed by atoms with Gasteiger partial charge in [0.15, 0.2) is 0 Å². The zero-order valence-electron chi connectivity index (χ0n) is 15.6. The third-order valence-electron chi connectivity index (χ3n) is 3.82. The van der Waals surface area contributed by atoms with Crippen molar-refractivity contribution in [3.8, 4) is 0 Å². The van der Waals surface area contributed by atoms with Crippen LogP contribution in [0.5, 0.6) is 0 Å². The lowest BCUT2D eigenvalue weighted by molar-refractivity contribution is -0.144. The van der Waals surface area contributed by atoms with Crippen molar-refractivity contribution in [2.45, 2.75) is 0 Å². The molecule has 2 aromatic carbocycles. The minimum atomic E-state index is -0.689. The summed E-state index contributed by atoms with van der Waals surface area (Å²) in [6.07, 6.45) is 0. The second kappa shape index (κ2) is 10.9. The number of ether oxygens (including phenoxy) is 2. The van der Waals surface area contributed by atoms with Gasteiger partial charge in [-0.1, -0.05) is 18.2 Å². The van der Waals surface area contributed by atoms with Crippen LogP contribution in [0.4, 0.5) is 17.1 Å². The fourth-order valence-electron chi connectivity index (χ4n) is 2.37. The molecule has 0 atom stereocenters. The Labute approximate surface area is 159 Å². The molecule has 0 spiro atoms. The first-order chi connectivity index (χ1) is 13.1. The molecule has 0 heterocycles. The molecular formula is C20H25N3O4. The number of benzene rings is 2. The van der Waals surface area contributed by atoms with Gasteiger partial charge in [-0.15, -0.1) is 0 Å². The van der Waals surface area contributed by atoms with Crippen LogP contribution in [0.25, 0.3) is 0 Å². The maximum absolute atomic E-state index is 12.4. The summed E-state index contributed by atoms with van der Waals surface area (Å²) in [6, 6.07) is 16.9. The second-order valence-corrected chi connectivity index (χ2v) is 5.80. The average molecular weight is 371 g/mol. The van der Waals surface area contributed by atoms with Gasteiger partial charge in [-0.25, -0.2) is 0 Å². The van der Waals surface area contributed by atoms with Crippen molar-refractivity contribution in [3.63, 3.8) is 0 Å². The summed E-state index contributed by atoms with van der Waals surface area (Å²) >= 11 is 0.